The van der Waals surface area contributed by atoms with Gasteiger partial charge in [-0.3, -0.25) is 9.88 Å². The molecule has 0 atom stereocenters. The highest BCUT2D eigenvalue weighted by atomic mass is 16.5. The van der Waals surface area contributed by atoms with Crippen LogP contribution >= 0.6 is 0 Å². The van der Waals surface area contributed by atoms with Gasteiger partial charge in [0.2, 0.25) is 0 Å². The van der Waals surface area contributed by atoms with Gasteiger partial charge in [0.15, 0.2) is 5.82 Å². The van der Waals surface area contributed by atoms with E-state index in [4.69, 9.17) is 14.5 Å². The lowest BCUT2D eigenvalue weighted by Gasteiger charge is -2.28. The molecule has 0 amide bonds. The molecule has 0 saturated carbocycles. The highest BCUT2D eigenvalue weighted by Crippen LogP contribution is 2.28. The van der Waals surface area contributed by atoms with E-state index in [0.717, 1.165) is 54.6 Å². The fourth-order valence-corrected chi connectivity index (χ4v) is 3.60. The van der Waals surface area contributed by atoms with Crippen molar-refractivity contribution in [3.8, 4) is 22.9 Å². The summed E-state index contributed by atoms with van der Waals surface area (Å²) < 4.78 is 11.5. The fourth-order valence-electron chi connectivity index (χ4n) is 3.60. The zero-order chi connectivity index (χ0) is 20.1. The number of rotatable bonds is 7. The normalized spacial score (nSPS) is 13.7. The molecule has 1 aliphatic heterocycles. The van der Waals surface area contributed by atoms with Crippen LogP contribution in [0.25, 0.3) is 11.4 Å². The van der Waals surface area contributed by atoms with Crippen LogP contribution in [-0.2, 0) is 19.5 Å². The van der Waals surface area contributed by atoms with E-state index in [1.54, 1.807) is 12.4 Å². The van der Waals surface area contributed by atoms with Crippen LogP contribution in [0.1, 0.15) is 30.7 Å². The lowest BCUT2D eigenvalue weighted by Crippen LogP contribution is -2.31. The van der Waals surface area contributed by atoms with Gasteiger partial charge in [-0.2, -0.15) is 0 Å². The second kappa shape index (κ2) is 9.01. The van der Waals surface area contributed by atoms with Gasteiger partial charge in [-0.25, -0.2) is 9.97 Å². The monoisotopic (exact) mass is 390 g/mol. The molecule has 0 fully saturated rings. The van der Waals surface area contributed by atoms with Crippen LogP contribution in [0.4, 0.5) is 0 Å². The SMILES string of the molecule is CCOc1ccc(CN2CCc3nc(-c4cccnc4)ncc3C2)c(OCC)c1. The molecule has 0 N–H and O–H groups in total. The van der Waals surface area contributed by atoms with Crippen molar-refractivity contribution in [1.29, 1.82) is 0 Å². The zero-order valence-electron chi connectivity index (χ0n) is 17.0. The Balaban J connectivity index is 1.49. The Labute approximate surface area is 171 Å². The van der Waals surface area contributed by atoms with E-state index in [9.17, 15) is 0 Å². The van der Waals surface area contributed by atoms with Gasteiger partial charge in [0.05, 0.1) is 18.9 Å². The Hall–Kier alpha value is -2.99. The average Bonchev–Trinajstić information content (AvgIpc) is 2.76. The summed E-state index contributed by atoms with van der Waals surface area (Å²) in [5.41, 5.74) is 4.44. The highest BCUT2D eigenvalue weighted by Gasteiger charge is 2.20. The first-order valence-corrected chi connectivity index (χ1v) is 10.1. The van der Waals surface area contributed by atoms with Gasteiger partial charge < -0.3 is 9.47 Å². The molecule has 6 nitrogen and oxygen atoms in total. The number of hydrogen-bond donors (Lipinski definition) is 0. The molecule has 1 aromatic carbocycles. The Bertz CT molecular complexity index is 962. The lowest BCUT2D eigenvalue weighted by molar-refractivity contribution is 0.236. The number of fused-ring (bicyclic) bond motifs is 1. The summed E-state index contributed by atoms with van der Waals surface area (Å²) in [6, 6.07) is 10.0. The summed E-state index contributed by atoms with van der Waals surface area (Å²) in [6.45, 7) is 7.89. The number of benzene rings is 1. The average molecular weight is 390 g/mol. The molecule has 3 heterocycles. The van der Waals surface area contributed by atoms with Gasteiger partial charge in [-0.05, 0) is 32.0 Å². The Morgan fingerprint density at radius 2 is 1.97 bits per heavy atom. The maximum atomic E-state index is 5.86. The van der Waals surface area contributed by atoms with Crippen LogP contribution in [0.2, 0.25) is 0 Å². The first-order valence-electron chi connectivity index (χ1n) is 10.1. The topological polar surface area (TPSA) is 60.4 Å². The van der Waals surface area contributed by atoms with Crippen molar-refractivity contribution >= 4 is 0 Å². The smallest absolute Gasteiger partial charge is 0.160 e. The largest absolute Gasteiger partial charge is 0.494 e. The predicted octanol–water partition coefficient (Wildman–Crippen LogP) is 3.89. The number of hydrogen-bond acceptors (Lipinski definition) is 6. The number of pyridine rings is 1. The second-order valence-electron chi connectivity index (χ2n) is 7.00. The fraction of sp³-hybridized carbons (Fsp3) is 0.348. The van der Waals surface area contributed by atoms with E-state index in [0.29, 0.717) is 13.2 Å². The van der Waals surface area contributed by atoms with Crippen LogP contribution in [0.15, 0.2) is 48.9 Å². The molecule has 0 bridgehead atoms. The quantitative estimate of drug-likeness (QED) is 0.610. The summed E-state index contributed by atoms with van der Waals surface area (Å²) in [4.78, 5) is 15.9. The standard InChI is InChI=1S/C23H26N4O2/c1-3-28-20-8-7-18(22(12-20)29-4-2)15-27-11-9-21-19(16-27)14-25-23(26-21)17-6-5-10-24-13-17/h5-8,10,12-14H,3-4,9,11,15-16H2,1-2H3. The van der Waals surface area contributed by atoms with Crippen LogP contribution < -0.4 is 9.47 Å². The van der Waals surface area contributed by atoms with E-state index >= 15 is 0 Å². The number of ether oxygens (including phenoxy) is 2. The van der Waals surface area contributed by atoms with Crippen molar-refractivity contribution in [2.24, 2.45) is 0 Å². The minimum Gasteiger partial charge on any atom is -0.494 e. The van der Waals surface area contributed by atoms with E-state index in [1.165, 1.54) is 11.1 Å². The summed E-state index contributed by atoms with van der Waals surface area (Å²) in [6.07, 6.45) is 6.43. The van der Waals surface area contributed by atoms with Crippen LogP contribution in [0.5, 0.6) is 11.5 Å². The summed E-state index contributed by atoms with van der Waals surface area (Å²) >= 11 is 0. The molecule has 150 valence electrons. The molecule has 3 aromatic rings. The van der Waals surface area contributed by atoms with Crippen molar-refractivity contribution in [1.82, 2.24) is 19.9 Å². The Kier molecular flexibility index (Phi) is 6.00. The molecule has 4 rings (SSSR count). The van der Waals surface area contributed by atoms with Gasteiger partial charge in [0.25, 0.3) is 0 Å². The van der Waals surface area contributed by atoms with Crippen molar-refractivity contribution in [2.75, 3.05) is 19.8 Å². The van der Waals surface area contributed by atoms with Crippen LogP contribution in [0, 0.1) is 0 Å². The third kappa shape index (κ3) is 4.54. The minimum absolute atomic E-state index is 0.635. The van der Waals surface area contributed by atoms with Gasteiger partial charge in [-0.15, -0.1) is 0 Å². The van der Waals surface area contributed by atoms with Crippen LogP contribution in [-0.4, -0.2) is 39.6 Å². The number of aromatic nitrogens is 3. The summed E-state index contributed by atoms with van der Waals surface area (Å²) in [5, 5.41) is 0. The minimum atomic E-state index is 0.635. The van der Waals surface area contributed by atoms with Gasteiger partial charge in [0.1, 0.15) is 11.5 Å². The predicted molar refractivity (Wildman–Crippen MR) is 112 cm³/mol. The zero-order valence-corrected chi connectivity index (χ0v) is 17.0. The first kappa shape index (κ1) is 19.3. The Morgan fingerprint density at radius 1 is 1.07 bits per heavy atom. The second-order valence-corrected chi connectivity index (χ2v) is 7.00. The third-order valence-electron chi connectivity index (χ3n) is 4.98. The maximum absolute atomic E-state index is 5.86. The summed E-state index contributed by atoms with van der Waals surface area (Å²) in [7, 11) is 0. The number of nitrogens with zero attached hydrogens (tertiary/aromatic N) is 4. The molecule has 0 aliphatic carbocycles. The van der Waals surface area contributed by atoms with Crippen molar-refractivity contribution in [3.63, 3.8) is 0 Å². The molecule has 0 saturated heterocycles. The van der Waals surface area contributed by atoms with Crippen molar-refractivity contribution < 1.29 is 9.47 Å². The molecule has 6 heteroatoms. The first-order chi connectivity index (χ1) is 14.3. The van der Waals surface area contributed by atoms with Gasteiger partial charge in [-0.1, -0.05) is 6.07 Å². The van der Waals surface area contributed by atoms with Crippen LogP contribution in [0.3, 0.4) is 0 Å². The van der Waals surface area contributed by atoms with Crippen molar-refractivity contribution in [3.05, 3.63) is 65.7 Å². The molecule has 0 radical (unpaired) electrons. The molecule has 0 unspecified atom stereocenters. The molecule has 0 spiro atoms. The van der Waals surface area contributed by atoms with E-state index in [2.05, 4.69) is 20.9 Å². The molecule has 2 aromatic heterocycles. The summed E-state index contributed by atoms with van der Waals surface area (Å²) in [5.74, 6) is 2.49. The van der Waals surface area contributed by atoms with E-state index < -0.39 is 0 Å². The Morgan fingerprint density at radius 3 is 2.76 bits per heavy atom. The molecular formula is C23H26N4O2. The molecule has 29 heavy (non-hydrogen) atoms. The maximum Gasteiger partial charge on any atom is 0.160 e. The van der Waals surface area contributed by atoms with Gasteiger partial charge >= 0.3 is 0 Å². The van der Waals surface area contributed by atoms with E-state index in [-0.39, 0.29) is 0 Å². The third-order valence-corrected chi connectivity index (χ3v) is 4.98. The highest BCUT2D eigenvalue weighted by molar-refractivity contribution is 5.53. The van der Waals surface area contributed by atoms with E-state index in [1.807, 2.05) is 44.3 Å². The molecule has 1 aliphatic rings. The lowest BCUT2D eigenvalue weighted by atomic mass is 10.1. The van der Waals surface area contributed by atoms with Gasteiger partial charge in [0, 0.05) is 67.4 Å². The van der Waals surface area contributed by atoms with Crippen molar-refractivity contribution in [2.45, 2.75) is 33.4 Å². The molecular weight excluding hydrogens is 364 g/mol.